The molecule has 1 rings (SSSR count). The number of Topliss-reactive ketones (excluding diaryl/α,β-unsaturated/α-hetero) is 1. The monoisotopic (exact) mass is 336 g/mol. The number of halogens is 2. The van der Waals surface area contributed by atoms with E-state index in [1.807, 2.05) is 22.6 Å². The maximum atomic E-state index is 13.7. The van der Waals surface area contributed by atoms with Gasteiger partial charge in [-0.1, -0.05) is 0 Å². The zero-order valence-corrected chi connectivity index (χ0v) is 11.0. The Bertz CT molecular complexity index is 443. The summed E-state index contributed by atoms with van der Waals surface area (Å²) in [5, 5.41) is 0. The molecule has 0 heterocycles. The summed E-state index contributed by atoms with van der Waals surface area (Å²) in [6.45, 7) is 3.23. The van der Waals surface area contributed by atoms with Crippen LogP contribution in [0, 0.1) is 16.3 Å². The first-order valence-electron chi connectivity index (χ1n) is 4.65. The van der Waals surface area contributed by atoms with Gasteiger partial charge >= 0.3 is 5.97 Å². The fourth-order valence-electron chi connectivity index (χ4n) is 1.14. The molecule has 0 fully saturated rings. The van der Waals surface area contributed by atoms with E-state index in [-0.39, 0.29) is 12.2 Å². The van der Waals surface area contributed by atoms with Crippen molar-refractivity contribution in [1.29, 1.82) is 0 Å². The van der Waals surface area contributed by atoms with Crippen LogP contribution < -0.4 is 0 Å². The Labute approximate surface area is 106 Å². The van der Waals surface area contributed by atoms with Crippen LogP contribution in [-0.4, -0.2) is 18.4 Å². The molecule has 0 amide bonds. The predicted molar refractivity (Wildman–Crippen MR) is 64.8 cm³/mol. The molecule has 0 atom stereocenters. The number of esters is 1. The molecule has 0 bridgehead atoms. The molecule has 0 aliphatic carbocycles. The second kappa shape index (κ2) is 5.38. The largest absolute Gasteiger partial charge is 0.460 e. The van der Waals surface area contributed by atoms with Gasteiger partial charge in [0.15, 0.2) is 0 Å². The molecule has 3 nitrogen and oxygen atoms in total. The molecular formula is C11H10FIO3. The molecule has 16 heavy (non-hydrogen) atoms. The van der Waals surface area contributed by atoms with Gasteiger partial charge in [0.05, 0.1) is 12.2 Å². The van der Waals surface area contributed by atoms with Crippen molar-refractivity contribution in [2.75, 3.05) is 6.61 Å². The van der Waals surface area contributed by atoms with E-state index in [0.29, 0.717) is 9.13 Å². The Morgan fingerprint density at radius 3 is 2.62 bits per heavy atom. The average Bonchev–Trinajstić information content (AvgIpc) is 2.26. The standard InChI is InChI=1S/C11H10FIO3/c1-3-16-11(15)10(14)7-4-5-8(13)6(2)9(7)12/h4-5H,3H2,1-2H3. The normalized spacial score (nSPS) is 10.0. The number of hydrogen-bond donors (Lipinski definition) is 0. The lowest BCUT2D eigenvalue weighted by Gasteiger charge is -2.05. The van der Waals surface area contributed by atoms with Crippen LogP contribution in [0.25, 0.3) is 0 Å². The molecule has 0 saturated heterocycles. The number of carbonyl (C=O) groups excluding carboxylic acids is 2. The van der Waals surface area contributed by atoms with E-state index in [0.717, 1.165) is 0 Å². The highest BCUT2D eigenvalue weighted by molar-refractivity contribution is 14.1. The van der Waals surface area contributed by atoms with Gasteiger partial charge in [0.2, 0.25) is 0 Å². The van der Waals surface area contributed by atoms with Crippen LogP contribution in [0.2, 0.25) is 0 Å². The Hall–Kier alpha value is -0.980. The molecule has 0 aliphatic rings. The Morgan fingerprint density at radius 2 is 2.06 bits per heavy atom. The molecule has 0 radical (unpaired) electrons. The summed E-state index contributed by atoms with van der Waals surface area (Å²) in [7, 11) is 0. The topological polar surface area (TPSA) is 43.4 Å². The third kappa shape index (κ3) is 2.58. The van der Waals surface area contributed by atoms with Crippen molar-refractivity contribution in [3.63, 3.8) is 0 Å². The second-order valence-electron chi connectivity index (χ2n) is 3.08. The highest BCUT2D eigenvalue weighted by Crippen LogP contribution is 2.19. The predicted octanol–water partition coefficient (Wildman–Crippen LogP) is 2.48. The van der Waals surface area contributed by atoms with Crippen molar-refractivity contribution in [3.8, 4) is 0 Å². The van der Waals surface area contributed by atoms with E-state index in [1.165, 1.54) is 6.07 Å². The second-order valence-corrected chi connectivity index (χ2v) is 4.25. The molecule has 1 aromatic carbocycles. The minimum absolute atomic E-state index is 0.0928. The van der Waals surface area contributed by atoms with E-state index in [1.54, 1.807) is 19.9 Å². The molecule has 0 saturated carbocycles. The number of ether oxygens (including phenoxy) is 1. The third-order valence-electron chi connectivity index (χ3n) is 2.03. The molecule has 0 N–H and O–H groups in total. The average molecular weight is 336 g/mol. The Balaban J connectivity index is 3.10. The van der Waals surface area contributed by atoms with Gasteiger partial charge in [0, 0.05) is 3.57 Å². The molecule has 5 heteroatoms. The lowest BCUT2D eigenvalue weighted by molar-refractivity contribution is -0.137. The van der Waals surface area contributed by atoms with Crippen LogP contribution >= 0.6 is 22.6 Å². The number of rotatable bonds is 3. The lowest BCUT2D eigenvalue weighted by atomic mass is 10.1. The first-order valence-corrected chi connectivity index (χ1v) is 5.73. The first-order chi connectivity index (χ1) is 7.49. The van der Waals surface area contributed by atoms with Crippen molar-refractivity contribution in [3.05, 3.63) is 32.6 Å². The van der Waals surface area contributed by atoms with Gasteiger partial charge in [0.1, 0.15) is 5.82 Å². The van der Waals surface area contributed by atoms with E-state index < -0.39 is 17.6 Å². The summed E-state index contributed by atoms with van der Waals surface area (Å²) >= 11 is 1.96. The van der Waals surface area contributed by atoms with Crippen LogP contribution in [0.4, 0.5) is 4.39 Å². The van der Waals surface area contributed by atoms with Crippen LogP contribution in [0.5, 0.6) is 0 Å². The van der Waals surface area contributed by atoms with Crippen LogP contribution in [-0.2, 0) is 9.53 Å². The lowest BCUT2D eigenvalue weighted by Crippen LogP contribution is -2.19. The van der Waals surface area contributed by atoms with Gasteiger partial charge < -0.3 is 4.74 Å². The smallest absolute Gasteiger partial charge is 0.379 e. The number of hydrogen-bond acceptors (Lipinski definition) is 3. The highest BCUT2D eigenvalue weighted by atomic mass is 127. The highest BCUT2D eigenvalue weighted by Gasteiger charge is 2.22. The van der Waals surface area contributed by atoms with Gasteiger partial charge in [0.25, 0.3) is 5.78 Å². The Morgan fingerprint density at radius 1 is 1.44 bits per heavy atom. The van der Waals surface area contributed by atoms with Crippen molar-refractivity contribution in [2.45, 2.75) is 13.8 Å². The molecule has 1 aromatic rings. The van der Waals surface area contributed by atoms with Gasteiger partial charge in [-0.3, -0.25) is 4.79 Å². The fraction of sp³-hybridized carbons (Fsp3) is 0.273. The van der Waals surface area contributed by atoms with Gasteiger partial charge in [-0.2, -0.15) is 0 Å². The van der Waals surface area contributed by atoms with Crippen LogP contribution in [0.15, 0.2) is 12.1 Å². The first kappa shape index (κ1) is 13.1. The molecule has 0 aliphatic heterocycles. The van der Waals surface area contributed by atoms with Gasteiger partial charge in [-0.15, -0.1) is 0 Å². The maximum absolute atomic E-state index is 13.7. The number of ketones is 1. The minimum atomic E-state index is -1.03. The van der Waals surface area contributed by atoms with Crippen molar-refractivity contribution < 1.29 is 18.7 Å². The third-order valence-corrected chi connectivity index (χ3v) is 3.19. The molecule has 0 spiro atoms. The van der Waals surface area contributed by atoms with E-state index in [2.05, 4.69) is 4.74 Å². The van der Waals surface area contributed by atoms with Crippen LogP contribution in [0.3, 0.4) is 0 Å². The molecule has 0 aromatic heterocycles. The molecule has 0 unspecified atom stereocenters. The molecular weight excluding hydrogens is 326 g/mol. The van der Waals surface area contributed by atoms with Crippen molar-refractivity contribution in [1.82, 2.24) is 0 Å². The summed E-state index contributed by atoms with van der Waals surface area (Å²) in [5.41, 5.74) is 0.118. The van der Waals surface area contributed by atoms with E-state index in [4.69, 9.17) is 0 Å². The van der Waals surface area contributed by atoms with Crippen LogP contribution in [0.1, 0.15) is 22.8 Å². The van der Waals surface area contributed by atoms with E-state index >= 15 is 0 Å². The summed E-state index contributed by atoms with van der Waals surface area (Å²) < 4.78 is 18.9. The summed E-state index contributed by atoms with van der Waals surface area (Å²) in [6.07, 6.45) is 0. The number of benzene rings is 1. The summed E-state index contributed by atoms with van der Waals surface area (Å²) in [6, 6.07) is 2.88. The zero-order valence-electron chi connectivity index (χ0n) is 8.84. The van der Waals surface area contributed by atoms with Gasteiger partial charge in [-0.05, 0) is 54.1 Å². The van der Waals surface area contributed by atoms with Gasteiger partial charge in [-0.25, -0.2) is 9.18 Å². The minimum Gasteiger partial charge on any atom is -0.460 e. The van der Waals surface area contributed by atoms with Crippen molar-refractivity contribution >= 4 is 34.3 Å². The maximum Gasteiger partial charge on any atom is 0.379 e. The van der Waals surface area contributed by atoms with Crippen molar-refractivity contribution in [2.24, 2.45) is 0 Å². The quantitative estimate of drug-likeness (QED) is 0.369. The van der Waals surface area contributed by atoms with E-state index in [9.17, 15) is 14.0 Å². The zero-order chi connectivity index (χ0) is 12.3. The molecule has 86 valence electrons. The Kier molecular flexibility index (Phi) is 4.40. The number of carbonyl (C=O) groups is 2. The SMILES string of the molecule is CCOC(=O)C(=O)c1ccc(I)c(C)c1F. The fourth-order valence-corrected chi connectivity index (χ4v) is 1.56. The summed E-state index contributed by atoms with van der Waals surface area (Å²) in [5.74, 6) is -2.63. The summed E-state index contributed by atoms with van der Waals surface area (Å²) in [4.78, 5) is 22.7.